The number of anilines is 4. The summed E-state index contributed by atoms with van der Waals surface area (Å²) in [5, 5.41) is 12.8. The smallest absolute Gasteiger partial charge is 0.229 e. The fourth-order valence-electron chi connectivity index (χ4n) is 22.7. The minimum Gasteiger partial charge on any atom is -0.373 e. The van der Waals surface area contributed by atoms with Gasteiger partial charge in [0.05, 0.1) is 50.3 Å². The van der Waals surface area contributed by atoms with E-state index in [4.69, 9.17) is 9.47 Å². The van der Waals surface area contributed by atoms with Gasteiger partial charge in [-0.25, -0.2) is 0 Å². The molecule has 10 aliphatic heterocycles. The van der Waals surface area contributed by atoms with E-state index in [1.54, 1.807) is 0 Å². The van der Waals surface area contributed by atoms with Gasteiger partial charge in [0.25, 0.3) is 0 Å². The van der Waals surface area contributed by atoms with Crippen molar-refractivity contribution < 1.29 is 38.2 Å². The lowest BCUT2D eigenvalue weighted by atomic mass is 9.53. The molecule has 16 heteroatoms. The lowest BCUT2D eigenvalue weighted by Gasteiger charge is -2.58. The third kappa shape index (κ3) is 16.0. The molecule has 14 rings (SSSR count). The zero-order chi connectivity index (χ0) is 69.8. The molecule has 102 heavy (non-hydrogen) atoms. The summed E-state index contributed by atoms with van der Waals surface area (Å²) in [5.74, 6) is 2.64. The molecule has 0 radical (unpaired) electrons. The average molecular weight is 1400 g/mol. The fraction of sp³-hybridized carbons (Fsp3) is 0.744. The van der Waals surface area contributed by atoms with Crippen LogP contribution in [0.15, 0.2) is 59.7 Å². The van der Waals surface area contributed by atoms with Gasteiger partial charge in [0.1, 0.15) is 0 Å². The largest absolute Gasteiger partial charge is 0.373 e. The van der Waals surface area contributed by atoms with Gasteiger partial charge in [-0.15, -0.1) is 0 Å². The summed E-state index contributed by atoms with van der Waals surface area (Å²) in [6, 6.07) is 13.9. The lowest BCUT2D eigenvalue weighted by molar-refractivity contribution is -0.133. The van der Waals surface area contributed by atoms with Gasteiger partial charge in [-0.3, -0.25) is 38.6 Å². The van der Waals surface area contributed by atoms with Gasteiger partial charge in [0.15, 0.2) is 0 Å². The lowest BCUT2D eigenvalue weighted by Crippen LogP contribution is -2.69. The van der Waals surface area contributed by atoms with E-state index in [9.17, 15) is 28.8 Å². The molecule has 2 aromatic carbocycles. The molecule has 8 fully saturated rings. The van der Waals surface area contributed by atoms with E-state index in [1.807, 2.05) is 12.1 Å². The van der Waals surface area contributed by atoms with Crippen molar-refractivity contribution in [2.75, 3.05) is 72.9 Å². The Balaban J connectivity index is 0.340. The van der Waals surface area contributed by atoms with Crippen molar-refractivity contribution in [3.8, 4) is 0 Å². The highest BCUT2D eigenvalue weighted by Gasteiger charge is 2.73. The van der Waals surface area contributed by atoms with Gasteiger partial charge in [0, 0.05) is 109 Å². The van der Waals surface area contributed by atoms with E-state index in [1.165, 1.54) is 151 Å². The van der Waals surface area contributed by atoms with Crippen LogP contribution in [0.25, 0.3) is 0 Å². The quantitative estimate of drug-likeness (QED) is 0.0368. The number of unbranched alkanes of at least 4 members (excludes halogenated alkanes) is 31. The van der Waals surface area contributed by atoms with Gasteiger partial charge >= 0.3 is 0 Å². The molecule has 10 heterocycles. The molecule has 12 atom stereocenters. The second kappa shape index (κ2) is 34.9. The number of benzene rings is 2. The first-order valence-electron chi connectivity index (χ1n) is 42.3. The van der Waals surface area contributed by atoms with Crippen molar-refractivity contribution in [3.63, 3.8) is 0 Å². The van der Waals surface area contributed by atoms with Crippen LogP contribution in [0.4, 0.5) is 22.7 Å². The van der Waals surface area contributed by atoms with Crippen molar-refractivity contribution in [3.05, 3.63) is 70.8 Å². The number of amides is 6. The van der Waals surface area contributed by atoms with Crippen molar-refractivity contribution in [2.24, 2.45) is 23.7 Å². The highest BCUT2D eigenvalue weighted by molar-refractivity contribution is 6.02. The zero-order valence-corrected chi connectivity index (χ0v) is 62.2. The second-order valence-corrected chi connectivity index (χ2v) is 33.8. The van der Waals surface area contributed by atoms with Crippen LogP contribution in [-0.2, 0) is 49.1 Å². The maximum absolute atomic E-state index is 13.8. The first-order valence-corrected chi connectivity index (χ1v) is 42.3. The van der Waals surface area contributed by atoms with E-state index < -0.39 is 0 Å². The van der Waals surface area contributed by atoms with Crippen LogP contribution in [-0.4, -0.2) is 134 Å². The monoisotopic (exact) mass is 1400 g/mol. The Hall–Kier alpha value is -5.42. The molecule has 6 saturated heterocycles. The Bertz CT molecular complexity index is 3100. The summed E-state index contributed by atoms with van der Waals surface area (Å²) in [7, 11) is 0. The molecule has 2 saturated carbocycles. The minimum absolute atomic E-state index is 0.00764. The molecule has 2 aromatic rings. The topological polar surface area (TPSA) is 182 Å². The fourth-order valence-corrected chi connectivity index (χ4v) is 22.7. The molecule has 2 aliphatic carbocycles. The van der Waals surface area contributed by atoms with E-state index >= 15 is 0 Å². The van der Waals surface area contributed by atoms with Gasteiger partial charge in [0.2, 0.25) is 35.4 Å². The van der Waals surface area contributed by atoms with E-state index in [-0.39, 0.29) is 70.6 Å². The van der Waals surface area contributed by atoms with E-state index in [0.29, 0.717) is 87.5 Å². The van der Waals surface area contributed by atoms with E-state index in [0.717, 1.165) is 178 Å². The van der Waals surface area contributed by atoms with Crippen LogP contribution in [0.3, 0.4) is 0 Å². The van der Waals surface area contributed by atoms with Crippen LogP contribution >= 0.6 is 0 Å². The maximum atomic E-state index is 13.8. The number of piperidine rings is 4. The number of rotatable bonds is 45. The van der Waals surface area contributed by atoms with Crippen molar-refractivity contribution in [1.82, 2.24) is 20.4 Å². The molecule has 4 bridgehead atoms. The first-order chi connectivity index (χ1) is 50.1. The molecular formula is C86H126N8O8. The summed E-state index contributed by atoms with van der Waals surface area (Å²) in [6.45, 7) is 7.00. The molecule has 2 spiro atoms. The summed E-state index contributed by atoms with van der Waals surface area (Å²) < 4.78 is 12.8. The first kappa shape index (κ1) is 73.5. The molecule has 12 aliphatic rings. The molecule has 6 amide bonds. The highest BCUT2D eigenvalue weighted by atomic mass is 16.5. The van der Waals surface area contributed by atoms with E-state index in [2.05, 4.69) is 77.3 Å². The van der Waals surface area contributed by atoms with Gasteiger partial charge in [-0.2, -0.15) is 0 Å². The Morgan fingerprint density at radius 2 is 0.735 bits per heavy atom. The predicted molar refractivity (Wildman–Crippen MR) is 406 cm³/mol. The second-order valence-electron chi connectivity index (χ2n) is 33.8. The Morgan fingerprint density at radius 1 is 0.412 bits per heavy atom. The van der Waals surface area contributed by atoms with Crippen molar-refractivity contribution in [1.29, 1.82) is 0 Å². The van der Waals surface area contributed by atoms with Crippen molar-refractivity contribution >= 4 is 58.2 Å². The number of ether oxygens (including phenoxy) is 2. The predicted octanol–water partition coefficient (Wildman–Crippen LogP) is 16.1. The number of carbonyl (C=O) groups excluding carboxylic acids is 6. The van der Waals surface area contributed by atoms with Gasteiger partial charge in [-0.05, 0) is 137 Å². The summed E-state index contributed by atoms with van der Waals surface area (Å²) in [6.07, 6.45) is 53.1. The van der Waals surface area contributed by atoms with Crippen LogP contribution in [0.5, 0.6) is 0 Å². The Labute approximate surface area is 610 Å². The molecule has 0 aromatic heterocycles. The molecule has 558 valence electrons. The Kier molecular flexibility index (Phi) is 25.1. The number of hydrogen-bond acceptors (Lipinski definition) is 10. The summed E-state index contributed by atoms with van der Waals surface area (Å²) >= 11 is 0. The number of carbonyl (C=O) groups is 6. The third-order valence-electron chi connectivity index (χ3n) is 27.5. The molecule has 4 N–H and O–H groups in total. The van der Waals surface area contributed by atoms with Crippen LogP contribution < -0.4 is 31.1 Å². The normalized spacial score (nSPS) is 28.5. The minimum atomic E-state index is -0.0931. The van der Waals surface area contributed by atoms with Crippen molar-refractivity contribution in [2.45, 2.75) is 330 Å². The summed E-state index contributed by atoms with van der Waals surface area (Å²) in [4.78, 5) is 88.7. The van der Waals surface area contributed by atoms with Gasteiger partial charge in [-0.1, -0.05) is 203 Å². The standard InChI is InChI=1S/C86H126N8O8/c95-75(87-47-33-27-21-15-13-19-25-31-37-77(97)89-63-39-41-69-67(53-63)85-45-49-91-59-61-43-51-101-71-57-79(99)93(69)83(85)81(71)65(61)55-73(85)91)35-29-23-17-11-9-7-5-3-1-2-4-6-8-10-12-18-24-30-36-76(96)88-48-34-28-22-16-14-20-26-32-38-78(98)90-64-40-42-70-68(54-64)86-46-50-92-60-62-44-52-102-72-58-80(100)94(70)84(86)82(72)66(62)56-74(86)92/h39-44,53-54,65-66,71-74,81-84H,1-38,45-52,55-60H2,(H,87,95)(H,88,96)(H,89,97)(H,90,98)/t65-,66-,71-,72-,73-,74-,81-,82-,83-,84-,85+,86+/m0/s1. The number of nitrogens with one attached hydrogen (secondary N) is 4. The van der Waals surface area contributed by atoms with Gasteiger partial charge < -0.3 is 40.5 Å². The highest BCUT2D eigenvalue weighted by Crippen LogP contribution is 2.68. The van der Waals surface area contributed by atoms with Crippen LogP contribution in [0, 0.1) is 23.7 Å². The van der Waals surface area contributed by atoms with Crippen LogP contribution in [0.1, 0.15) is 294 Å². The SMILES string of the molecule is O=C(CCCCCCCCCCCCCCCCCCCCC(=O)NCCCCCCCCCCC(=O)Nc1ccc2c(c1)[C@@]13CCN4CC5=CCO[C@H]6CC(=O)N2[C@H]1[C@H]6[C@H]5C[C@H]43)NCCCCCCCCCCC(=O)Nc1ccc2c(c1)[C@@]13CCN4CC5=CCO[C@H]6CC(=O)N2[C@H]1[C@H]6[C@H]5C[C@H]43. The average Bonchev–Trinajstić information content (AvgIpc) is 1.50. The summed E-state index contributed by atoms with van der Waals surface area (Å²) in [5.41, 5.74) is 9.30. The maximum Gasteiger partial charge on any atom is 0.229 e. The molecule has 16 nitrogen and oxygen atoms in total. The molecule has 0 unspecified atom stereocenters. The number of fused-ring (bicyclic) bond motifs is 4. The zero-order valence-electron chi connectivity index (χ0n) is 62.2. The number of nitrogens with zero attached hydrogens (tertiary/aromatic N) is 4. The number of hydrogen-bond donors (Lipinski definition) is 4. The Morgan fingerprint density at radius 3 is 1.09 bits per heavy atom. The third-order valence-corrected chi connectivity index (χ3v) is 27.5. The molecular weight excluding hydrogens is 1270 g/mol. The van der Waals surface area contributed by atoms with Crippen LogP contribution in [0.2, 0.25) is 0 Å².